The molecule has 5 heterocycles. The first-order chi connectivity index (χ1) is 22.9. The van der Waals surface area contributed by atoms with Crippen LogP contribution >= 0.6 is 0 Å². The van der Waals surface area contributed by atoms with E-state index in [2.05, 4.69) is 54.3 Å². The van der Waals surface area contributed by atoms with E-state index in [1.165, 1.54) is 23.3 Å². The van der Waals surface area contributed by atoms with Gasteiger partial charge in [0.1, 0.15) is 29.3 Å². The standard InChI is InChI=1S/C35H36FN9O2/c1-47-30-12-24(35(46)43-19-25(36)13-26(38)20-43)10-27-33(30)45(18-22-15-42(16-22)32-8-9-39-31(14-37)41-32)34(40-27)29-11-23-4-2-3-5-28(23)44(29)17-21-6-7-21/h2-5,8-12,21-22,25-26H,6-7,13,15-20,38H2,1H3/t25-,26-/m1/s1. The first-order valence-corrected chi connectivity index (χ1v) is 16.2. The molecule has 1 aliphatic carbocycles. The van der Waals surface area contributed by atoms with Gasteiger partial charge >= 0.3 is 0 Å². The lowest BCUT2D eigenvalue weighted by Crippen LogP contribution is -2.50. The number of amides is 1. The van der Waals surface area contributed by atoms with Gasteiger partial charge in [-0.15, -0.1) is 0 Å². The summed E-state index contributed by atoms with van der Waals surface area (Å²) in [6.07, 6.45) is 3.16. The molecule has 47 heavy (non-hydrogen) atoms. The fourth-order valence-electron chi connectivity index (χ4n) is 7.17. The zero-order chi connectivity index (χ0) is 32.2. The number of likely N-dealkylation sites (tertiary alicyclic amines) is 1. The number of piperidine rings is 1. The number of hydrogen-bond acceptors (Lipinski definition) is 8. The number of carbonyl (C=O) groups excluding carboxylic acids is 1. The molecule has 0 spiro atoms. The monoisotopic (exact) mass is 633 g/mol. The SMILES string of the molecule is COc1cc(C(=O)N2C[C@H](N)C[C@@H](F)C2)cc2nc(-c3cc4ccccc4n3CC3CC3)n(CC3CN(c4ccnc(C#N)n4)C3)c12. The number of anilines is 1. The van der Waals surface area contributed by atoms with Crippen LogP contribution in [0.5, 0.6) is 5.75 Å². The Labute approximate surface area is 271 Å². The third kappa shape index (κ3) is 5.44. The highest BCUT2D eigenvalue weighted by molar-refractivity contribution is 6.00. The summed E-state index contributed by atoms with van der Waals surface area (Å²) in [5.41, 5.74) is 10.1. The van der Waals surface area contributed by atoms with E-state index in [0.717, 1.165) is 47.9 Å². The molecular weight excluding hydrogens is 597 g/mol. The van der Waals surface area contributed by atoms with Gasteiger partial charge in [0.2, 0.25) is 5.82 Å². The Morgan fingerprint density at radius 3 is 2.62 bits per heavy atom. The Kier molecular flexibility index (Phi) is 7.28. The Bertz CT molecular complexity index is 2030. The zero-order valence-corrected chi connectivity index (χ0v) is 26.2. The molecule has 0 bridgehead atoms. The molecule has 2 aliphatic heterocycles. The van der Waals surface area contributed by atoms with E-state index < -0.39 is 12.2 Å². The minimum absolute atomic E-state index is 0.0220. The van der Waals surface area contributed by atoms with Crippen LogP contribution < -0.4 is 15.4 Å². The number of carbonyl (C=O) groups is 1. The quantitative estimate of drug-likeness (QED) is 0.266. The number of aromatic nitrogens is 5. The number of benzene rings is 2. The average Bonchev–Trinajstić information content (AvgIpc) is 3.71. The fourth-order valence-corrected chi connectivity index (χ4v) is 7.17. The third-order valence-electron chi connectivity index (χ3n) is 9.63. The highest BCUT2D eigenvalue weighted by atomic mass is 19.1. The summed E-state index contributed by atoms with van der Waals surface area (Å²) in [7, 11) is 1.60. The normalized spacial score (nSPS) is 20.0. The van der Waals surface area contributed by atoms with Crippen LogP contribution in [-0.2, 0) is 13.1 Å². The predicted molar refractivity (Wildman–Crippen MR) is 176 cm³/mol. The van der Waals surface area contributed by atoms with Gasteiger partial charge in [0.15, 0.2) is 5.82 Å². The van der Waals surface area contributed by atoms with E-state index in [1.54, 1.807) is 25.4 Å². The van der Waals surface area contributed by atoms with E-state index in [1.807, 2.05) is 12.1 Å². The van der Waals surface area contributed by atoms with Gasteiger partial charge in [0.05, 0.1) is 24.9 Å². The maximum Gasteiger partial charge on any atom is 0.254 e. The number of halogens is 1. The van der Waals surface area contributed by atoms with E-state index >= 15 is 0 Å². The minimum atomic E-state index is -1.15. The summed E-state index contributed by atoms with van der Waals surface area (Å²) in [5, 5.41) is 10.4. The average molecular weight is 634 g/mol. The first-order valence-electron chi connectivity index (χ1n) is 16.2. The number of methoxy groups -OCH3 is 1. The van der Waals surface area contributed by atoms with Gasteiger partial charge in [0, 0.05) is 67.3 Å². The van der Waals surface area contributed by atoms with Crippen molar-refractivity contribution in [2.24, 2.45) is 17.6 Å². The molecule has 1 saturated carbocycles. The van der Waals surface area contributed by atoms with Crippen molar-refractivity contribution in [1.29, 1.82) is 5.26 Å². The highest BCUT2D eigenvalue weighted by Crippen LogP contribution is 2.39. The number of nitrogens with two attached hydrogens (primary N) is 1. The van der Waals surface area contributed by atoms with Crippen molar-refractivity contribution in [2.75, 3.05) is 38.2 Å². The van der Waals surface area contributed by atoms with Crippen LogP contribution in [0, 0.1) is 23.2 Å². The smallest absolute Gasteiger partial charge is 0.254 e. The maximum atomic E-state index is 14.4. The highest BCUT2D eigenvalue weighted by Gasteiger charge is 2.33. The topological polar surface area (TPSA) is 131 Å². The van der Waals surface area contributed by atoms with E-state index in [0.29, 0.717) is 35.8 Å². The summed E-state index contributed by atoms with van der Waals surface area (Å²) in [4.78, 5) is 30.9. The number of para-hydroxylation sites is 1. The van der Waals surface area contributed by atoms with Crippen molar-refractivity contribution >= 4 is 33.7 Å². The summed E-state index contributed by atoms with van der Waals surface area (Å²) in [6, 6.07) is 17.6. The molecule has 12 heteroatoms. The summed E-state index contributed by atoms with van der Waals surface area (Å²) in [5.74, 6) is 2.88. The van der Waals surface area contributed by atoms with Crippen molar-refractivity contribution in [2.45, 2.75) is 44.6 Å². The molecular formula is C35H36FN9O2. The molecule has 2 aromatic carbocycles. The summed E-state index contributed by atoms with van der Waals surface area (Å²) in [6.45, 7) is 3.42. The Morgan fingerprint density at radius 1 is 1.04 bits per heavy atom. The molecule has 3 fully saturated rings. The van der Waals surface area contributed by atoms with Crippen molar-refractivity contribution < 1.29 is 13.9 Å². The molecule has 8 rings (SSSR count). The van der Waals surface area contributed by atoms with Crippen LogP contribution in [0.4, 0.5) is 10.2 Å². The van der Waals surface area contributed by atoms with Crippen LogP contribution in [0.3, 0.4) is 0 Å². The second kappa shape index (κ2) is 11.7. The van der Waals surface area contributed by atoms with Gasteiger partial charge in [-0.2, -0.15) is 5.26 Å². The van der Waals surface area contributed by atoms with Crippen molar-refractivity contribution in [3.63, 3.8) is 0 Å². The molecule has 240 valence electrons. The van der Waals surface area contributed by atoms with Crippen LogP contribution in [-0.4, -0.2) is 80.4 Å². The number of nitriles is 1. The molecule has 3 aliphatic rings. The molecule has 5 aromatic rings. The molecule has 0 radical (unpaired) electrons. The van der Waals surface area contributed by atoms with E-state index in [-0.39, 0.29) is 30.6 Å². The largest absolute Gasteiger partial charge is 0.494 e. The van der Waals surface area contributed by atoms with E-state index in [9.17, 15) is 14.4 Å². The van der Waals surface area contributed by atoms with Gasteiger partial charge in [-0.1, -0.05) is 18.2 Å². The summed E-state index contributed by atoms with van der Waals surface area (Å²) >= 11 is 0. The number of alkyl halides is 1. The van der Waals surface area contributed by atoms with E-state index in [4.69, 9.17) is 15.5 Å². The number of hydrogen-bond donors (Lipinski definition) is 1. The van der Waals surface area contributed by atoms with Gasteiger partial charge in [-0.3, -0.25) is 4.79 Å². The molecule has 2 saturated heterocycles. The molecule has 3 aromatic heterocycles. The third-order valence-corrected chi connectivity index (χ3v) is 9.63. The second-order valence-corrected chi connectivity index (χ2v) is 13.2. The van der Waals surface area contributed by atoms with Gasteiger partial charge in [-0.25, -0.2) is 19.3 Å². The first kappa shape index (κ1) is 29.4. The number of nitrogens with zero attached hydrogens (tertiary/aromatic N) is 8. The number of ether oxygens (including phenoxy) is 1. The number of fused-ring (bicyclic) bond motifs is 2. The van der Waals surface area contributed by atoms with Crippen molar-refractivity contribution in [3.8, 4) is 23.3 Å². The van der Waals surface area contributed by atoms with Crippen LogP contribution in [0.15, 0.2) is 54.7 Å². The summed E-state index contributed by atoms with van der Waals surface area (Å²) < 4.78 is 25.0. The second-order valence-electron chi connectivity index (χ2n) is 13.2. The molecule has 2 atom stereocenters. The number of rotatable bonds is 8. The maximum absolute atomic E-state index is 14.4. The van der Waals surface area contributed by atoms with Crippen LogP contribution in [0.1, 0.15) is 35.4 Å². The lowest BCUT2D eigenvalue weighted by atomic mass is 9.99. The Morgan fingerprint density at radius 2 is 1.85 bits per heavy atom. The molecule has 1 amide bonds. The number of imidazole rings is 1. The van der Waals surface area contributed by atoms with Gasteiger partial charge in [0.25, 0.3) is 5.91 Å². The van der Waals surface area contributed by atoms with Crippen molar-refractivity contribution in [3.05, 3.63) is 66.1 Å². The predicted octanol–water partition coefficient (Wildman–Crippen LogP) is 4.39. The molecule has 11 nitrogen and oxygen atoms in total. The van der Waals surface area contributed by atoms with Crippen LogP contribution in [0.2, 0.25) is 0 Å². The zero-order valence-electron chi connectivity index (χ0n) is 26.2. The van der Waals surface area contributed by atoms with Crippen molar-refractivity contribution in [1.82, 2.24) is 29.0 Å². The lowest BCUT2D eigenvalue weighted by molar-refractivity contribution is 0.0606. The lowest BCUT2D eigenvalue weighted by Gasteiger charge is -2.40. The fraction of sp³-hybridized carbons (Fsp3) is 0.400. The Hall–Kier alpha value is -5.02. The Balaban J connectivity index is 1.21. The molecule has 0 unspecified atom stereocenters. The minimum Gasteiger partial charge on any atom is -0.494 e. The molecule has 2 N–H and O–H groups in total. The van der Waals surface area contributed by atoms with Gasteiger partial charge in [-0.05, 0) is 55.5 Å². The van der Waals surface area contributed by atoms with Gasteiger partial charge < -0.3 is 29.4 Å². The van der Waals surface area contributed by atoms with Crippen LogP contribution in [0.25, 0.3) is 33.5 Å².